The van der Waals surface area contributed by atoms with Crippen LogP contribution in [0, 0.1) is 6.92 Å². The fourth-order valence-electron chi connectivity index (χ4n) is 2.83. The van der Waals surface area contributed by atoms with Gasteiger partial charge < -0.3 is 10.2 Å². The van der Waals surface area contributed by atoms with Crippen LogP contribution in [0.4, 0.5) is 0 Å². The molecule has 1 fully saturated rings. The van der Waals surface area contributed by atoms with Gasteiger partial charge in [-0.15, -0.1) is 0 Å². The summed E-state index contributed by atoms with van der Waals surface area (Å²) in [5.74, 6) is 0.0669. The number of rotatable bonds is 2. The van der Waals surface area contributed by atoms with Crippen molar-refractivity contribution in [2.75, 3.05) is 20.1 Å². The van der Waals surface area contributed by atoms with Crippen molar-refractivity contribution in [2.24, 2.45) is 0 Å². The second-order valence-electron chi connectivity index (χ2n) is 5.54. The first-order valence-electron chi connectivity index (χ1n) is 7.11. The van der Waals surface area contributed by atoms with Crippen molar-refractivity contribution in [1.82, 2.24) is 15.2 Å². The number of carbonyl (C=O) groups is 1. The Morgan fingerprint density at radius 2 is 2.24 bits per heavy atom. The summed E-state index contributed by atoms with van der Waals surface area (Å²) in [6.07, 6.45) is 1.01. The predicted molar refractivity (Wildman–Crippen MR) is 87.5 cm³/mol. The van der Waals surface area contributed by atoms with E-state index in [2.05, 4.69) is 26.2 Å². The standard InChI is InChI=1S/C16H18BrN3O/c1-10-7-14(13-8-11(17)3-4-15(13)19-10)16(21)20(2)12-5-6-18-9-12/h3-4,7-8,12,18H,5-6,9H2,1-2H3. The molecule has 0 bridgehead atoms. The fraction of sp³-hybridized carbons (Fsp3) is 0.375. The monoisotopic (exact) mass is 347 g/mol. The molecule has 110 valence electrons. The Balaban J connectivity index is 2.05. The molecule has 1 N–H and O–H groups in total. The van der Waals surface area contributed by atoms with E-state index in [1.54, 1.807) is 0 Å². The summed E-state index contributed by atoms with van der Waals surface area (Å²) in [7, 11) is 1.89. The summed E-state index contributed by atoms with van der Waals surface area (Å²) in [6.45, 7) is 3.77. The van der Waals surface area contributed by atoms with Gasteiger partial charge >= 0.3 is 0 Å². The Labute approximate surface area is 132 Å². The highest BCUT2D eigenvalue weighted by atomic mass is 79.9. The van der Waals surface area contributed by atoms with Crippen LogP contribution in [0.2, 0.25) is 0 Å². The Bertz CT molecular complexity index is 695. The van der Waals surface area contributed by atoms with Crippen LogP contribution in [0.1, 0.15) is 22.5 Å². The van der Waals surface area contributed by atoms with E-state index in [0.29, 0.717) is 0 Å². The quantitative estimate of drug-likeness (QED) is 0.908. The highest BCUT2D eigenvalue weighted by molar-refractivity contribution is 9.10. The number of benzene rings is 1. The number of hydrogen-bond donors (Lipinski definition) is 1. The SMILES string of the molecule is Cc1cc(C(=O)N(C)C2CCNC2)c2cc(Br)ccc2n1. The number of hydrogen-bond acceptors (Lipinski definition) is 3. The van der Waals surface area contributed by atoms with Crippen LogP contribution >= 0.6 is 15.9 Å². The lowest BCUT2D eigenvalue weighted by molar-refractivity contribution is 0.0745. The van der Waals surface area contributed by atoms with Gasteiger partial charge in [-0.1, -0.05) is 15.9 Å². The minimum atomic E-state index is 0.0669. The summed E-state index contributed by atoms with van der Waals surface area (Å²) < 4.78 is 0.958. The fourth-order valence-corrected chi connectivity index (χ4v) is 3.19. The molecule has 1 saturated heterocycles. The highest BCUT2D eigenvalue weighted by Crippen LogP contribution is 2.24. The molecule has 2 heterocycles. The maximum atomic E-state index is 12.9. The lowest BCUT2D eigenvalue weighted by Gasteiger charge is -2.24. The van der Waals surface area contributed by atoms with Crippen LogP contribution in [0.3, 0.4) is 0 Å². The molecule has 1 aromatic carbocycles. The number of nitrogens with zero attached hydrogens (tertiary/aromatic N) is 2. The van der Waals surface area contributed by atoms with Crippen molar-refractivity contribution in [3.8, 4) is 0 Å². The number of aryl methyl sites for hydroxylation is 1. The molecule has 1 unspecified atom stereocenters. The van der Waals surface area contributed by atoms with Gasteiger partial charge in [-0.3, -0.25) is 9.78 Å². The molecular formula is C16H18BrN3O. The van der Waals surface area contributed by atoms with E-state index in [4.69, 9.17) is 0 Å². The minimum absolute atomic E-state index is 0.0669. The zero-order valence-corrected chi connectivity index (χ0v) is 13.8. The van der Waals surface area contributed by atoms with Crippen molar-refractivity contribution in [2.45, 2.75) is 19.4 Å². The van der Waals surface area contributed by atoms with Gasteiger partial charge in [0, 0.05) is 35.2 Å². The summed E-state index contributed by atoms with van der Waals surface area (Å²) in [5.41, 5.74) is 2.46. The van der Waals surface area contributed by atoms with Crippen molar-refractivity contribution >= 4 is 32.7 Å². The second kappa shape index (κ2) is 5.73. The molecule has 0 aliphatic carbocycles. The topological polar surface area (TPSA) is 45.2 Å². The first kappa shape index (κ1) is 14.5. The molecule has 1 aliphatic heterocycles. The van der Waals surface area contributed by atoms with Gasteiger partial charge in [0.25, 0.3) is 5.91 Å². The van der Waals surface area contributed by atoms with Gasteiger partial charge in [0.2, 0.25) is 0 Å². The molecule has 1 aromatic heterocycles. The zero-order chi connectivity index (χ0) is 15.0. The van der Waals surface area contributed by atoms with E-state index < -0.39 is 0 Å². The van der Waals surface area contributed by atoms with Crippen LogP contribution in [0.5, 0.6) is 0 Å². The van der Waals surface area contributed by atoms with Crippen molar-refractivity contribution in [3.63, 3.8) is 0 Å². The average molecular weight is 348 g/mol. The van der Waals surface area contributed by atoms with Gasteiger partial charge in [0.1, 0.15) is 0 Å². The van der Waals surface area contributed by atoms with E-state index >= 15 is 0 Å². The summed E-state index contributed by atoms with van der Waals surface area (Å²) in [4.78, 5) is 19.2. The maximum absolute atomic E-state index is 12.9. The van der Waals surface area contributed by atoms with E-state index in [-0.39, 0.29) is 11.9 Å². The first-order chi connectivity index (χ1) is 10.1. The van der Waals surface area contributed by atoms with Gasteiger partial charge in [-0.05, 0) is 44.2 Å². The number of aromatic nitrogens is 1. The first-order valence-corrected chi connectivity index (χ1v) is 7.90. The largest absolute Gasteiger partial charge is 0.337 e. The highest BCUT2D eigenvalue weighted by Gasteiger charge is 2.25. The smallest absolute Gasteiger partial charge is 0.254 e. The van der Waals surface area contributed by atoms with Gasteiger partial charge in [0.15, 0.2) is 0 Å². The van der Waals surface area contributed by atoms with Crippen molar-refractivity contribution in [1.29, 1.82) is 0 Å². The van der Waals surface area contributed by atoms with Crippen LogP contribution < -0.4 is 5.32 Å². The second-order valence-corrected chi connectivity index (χ2v) is 6.45. The van der Waals surface area contributed by atoms with Crippen molar-refractivity contribution in [3.05, 3.63) is 40.0 Å². The third-order valence-electron chi connectivity index (χ3n) is 4.03. The maximum Gasteiger partial charge on any atom is 0.254 e. The van der Waals surface area contributed by atoms with E-state index in [0.717, 1.165) is 46.1 Å². The summed E-state index contributed by atoms with van der Waals surface area (Å²) in [5, 5.41) is 4.20. The van der Waals surface area contributed by atoms with Crippen LogP contribution in [-0.4, -0.2) is 42.0 Å². The van der Waals surface area contributed by atoms with E-state index in [9.17, 15) is 4.79 Å². The van der Waals surface area contributed by atoms with Crippen LogP contribution in [-0.2, 0) is 0 Å². The number of likely N-dealkylation sites (N-methyl/N-ethyl adjacent to an activating group) is 1. The van der Waals surface area contributed by atoms with Gasteiger partial charge in [-0.2, -0.15) is 0 Å². The Morgan fingerprint density at radius 1 is 1.43 bits per heavy atom. The Morgan fingerprint density at radius 3 is 2.95 bits per heavy atom. The van der Waals surface area contributed by atoms with Gasteiger partial charge in [0.05, 0.1) is 11.1 Å². The van der Waals surface area contributed by atoms with Gasteiger partial charge in [-0.25, -0.2) is 0 Å². The molecule has 4 nitrogen and oxygen atoms in total. The van der Waals surface area contributed by atoms with Crippen LogP contribution in [0.25, 0.3) is 10.9 Å². The minimum Gasteiger partial charge on any atom is -0.337 e. The molecule has 1 amide bonds. The predicted octanol–water partition coefficient (Wildman–Crippen LogP) is 2.74. The number of carbonyl (C=O) groups excluding carboxylic acids is 1. The van der Waals surface area contributed by atoms with E-state index in [1.807, 2.05) is 43.1 Å². The molecule has 0 saturated carbocycles. The number of fused-ring (bicyclic) bond motifs is 1. The third-order valence-corrected chi connectivity index (χ3v) is 4.52. The Hall–Kier alpha value is -1.46. The number of halogens is 1. The lowest BCUT2D eigenvalue weighted by Crippen LogP contribution is -2.38. The molecule has 0 spiro atoms. The van der Waals surface area contributed by atoms with Crippen molar-refractivity contribution < 1.29 is 4.79 Å². The molecule has 0 radical (unpaired) electrons. The Kier molecular flexibility index (Phi) is 3.95. The van der Waals surface area contributed by atoms with Crippen LogP contribution in [0.15, 0.2) is 28.7 Å². The average Bonchev–Trinajstić information content (AvgIpc) is 2.99. The molecule has 3 rings (SSSR count). The third kappa shape index (κ3) is 2.80. The molecule has 1 aliphatic rings. The molecule has 1 atom stereocenters. The molecule has 2 aromatic rings. The molecule has 21 heavy (non-hydrogen) atoms. The molecule has 5 heteroatoms. The normalized spacial score (nSPS) is 18.1. The number of nitrogens with one attached hydrogen (secondary N) is 1. The zero-order valence-electron chi connectivity index (χ0n) is 12.2. The summed E-state index contributed by atoms with van der Waals surface area (Å²) >= 11 is 3.47. The van der Waals surface area contributed by atoms with E-state index in [1.165, 1.54) is 0 Å². The lowest BCUT2D eigenvalue weighted by atomic mass is 10.1. The number of pyridine rings is 1. The summed E-state index contributed by atoms with van der Waals surface area (Å²) in [6, 6.07) is 8.02. The number of amides is 1. The molecular weight excluding hydrogens is 330 g/mol.